The largest absolute Gasteiger partial charge is 0.514 e. The van der Waals surface area contributed by atoms with Crippen molar-refractivity contribution >= 4 is 22.1 Å². The van der Waals surface area contributed by atoms with E-state index in [9.17, 15) is 9.18 Å². The van der Waals surface area contributed by atoms with Crippen LogP contribution in [-0.2, 0) is 16.5 Å². The molecule has 3 nitrogen and oxygen atoms in total. The summed E-state index contributed by atoms with van der Waals surface area (Å²) < 4.78 is 23.6. The molecule has 0 fully saturated rings. The summed E-state index contributed by atoms with van der Waals surface area (Å²) in [6, 6.07) is 2.63. The van der Waals surface area contributed by atoms with Gasteiger partial charge in [-0.25, -0.2) is 9.18 Å². The van der Waals surface area contributed by atoms with Crippen molar-refractivity contribution in [2.75, 3.05) is 0 Å². The predicted molar refractivity (Wildman–Crippen MR) is 75.3 cm³/mol. The molecule has 0 saturated heterocycles. The molecule has 0 saturated carbocycles. The van der Waals surface area contributed by atoms with Crippen molar-refractivity contribution in [3.05, 3.63) is 29.1 Å². The molecule has 0 N–H and O–H groups in total. The summed E-state index contributed by atoms with van der Waals surface area (Å²) in [5.41, 5.74) is 0.917. The summed E-state index contributed by atoms with van der Waals surface area (Å²) in [5, 5.41) is 0.499. The minimum absolute atomic E-state index is 0.214. The van der Waals surface area contributed by atoms with Gasteiger partial charge in [-0.1, -0.05) is 22.9 Å². The molecule has 0 aliphatic heterocycles. The second-order valence-corrected chi connectivity index (χ2v) is 5.66. The van der Waals surface area contributed by atoms with Gasteiger partial charge in [0.15, 0.2) is 0 Å². The molecule has 0 aromatic heterocycles. The lowest BCUT2D eigenvalue weighted by Crippen LogP contribution is -2.26. The van der Waals surface area contributed by atoms with E-state index in [-0.39, 0.29) is 5.75 Å². The van der Waals surface area contributed by atoms with Crippen LogP contribution in [0, 0.1) is 5.82 Å². The topological polar surface area (TPSA) is 35.5 Å². The molecule has 0 bridgehead atoms. The number of hydrogen-bond acceptors (Lipinski definition) is 3. The Morgan fingerprint density at radius 2 is 2.00 bits per heavy atom. The number of carbonyl (C=O) groups excluding carboxylic acids is 1. The van der Waals surface area contributed by atoms with Crippen LogP contribution >= 0.6 is 15.9 Å². The molecule has 0 unspecified atom stereocenters. The third-order valence-electron chi connectivity index (χ3n) is 2.35. The van der Waals surface area contributed by atoms with Gasteiger partial charge in [0.05, 0.1) is 0 Å². The van der Waals surface area contributed by atoms with Crippen molar-refractivity contribution in [1.29, 1.82) is 0 Å². The van der Waals surface area contributed by atoms with Gasteiger partial charge in [-0.3, -0.25) is 0 Å². The maximum absolute atomic E-state index is 13.5. The van der Waals surface area contributed by atoms with Crippen LogP contribution < -0.4 is 4.74 Å². The van der Waals surface area contributed by atoms with E-state index >= 15 is 0 Å². The number of halogens is 2. The molecule has 5 heteroatoms. The van der Waals surface area contributed by atoms with Gasteiger partial charge < -0.3 is 9.47 Å². The second kappa shape index (κ2) is 6.37. The highest BCUT2D eigenvalue weighted by Crippen LogP contribution is 2.27. The average molecular weight is 333 g/mol. The first-order valence-corrected chi connectivity index (χ1v) is 7.17. The molecule has 0 spiro atoms. The van der Waals surface area contributed by atoms with E-state index in [0.29, 0.717) is 11.8 Å². The highest BCUT2D eigenvalue weighted by Gasteiger charge is 2.20. The quantitative estimate of drug-likeness (QED) is 0.461. The zero-order valence-corrected chi connectivity index (χ0v) is 13.1. The van der Waals surface area contributed by atoms with Crippen LogP contribution in [-0.4, -0.2) is 11.8 Å². The summed E-state index contributed by atoms with van der Waals surface area (Å²) in [4.78, 5) is 11.6. The van der Waals surface area contributed by atoms with E-state index in [1.807, 2.05) is 6.92 Å². The zero-order valence-electron chi connectivity index (χ0n) is 11.5. The minimum atomic E-state index is -0.826. The first-order valence-electron chi connectivity index (χ1n) is 6.05. The van der Waals surface area contributed by atoms with Gasteiger partial charge in [-0.15, -0.1) is 0 Å². The Kier molecular flexibility index (Phi) is 5.35. The number of carbonyl (C=O) groups is 1. The predicted octanol–water partition coefficient (Wildman–Crippen LogP) is 4.60. The van der Waals surface area contributed by atoms with Crippen molar-refractivity contribution in [3.8, 4) is 5.75 Å². The van der Waals surface area contributed by atoms with Crippen LogP contribution in [0.4, 0.5) is 9.18 Å². The lowest BCUT2D eigenvalue weighted by atomic mass is 10.1. The monoisotopic (exact) mass is 332 g/mol. The molecule has 1 aromatic carbocycles. The zero-order chi connectivity index (χ0) is 14.6. The van der Waals surface area contributed by atoms with E-state index in [1.165, 1.54) is 12.1 Å². The molecular weight excluding hydrogens is 315 g/mol. The summed E-state index contributed by atoms with van der Waals surface area (Å²) in [6.07, 6.45) is -0.187. The number of ether oxygens (including phenoxy) is 2. The highest BCUT2D eigenvalue weighted by molar-refractivity contribution is 9.08. The molecule has 0 radical (unpaired) electrons. The van der Waals surface area contributed by atoms with Gasteiger partial charge in [-0.05, 0) is 44.4 Å². The molecule has 1 aromatic rings. The normalized spacial score (nSPS) is 11.3. The van der Waals surface area contributed by atoms with Gasteiger partial charge >= 0.3 is 6.16 Å². The lowest BCUT2D eigenvalue weighted by Gasteiger charge is -2.20. The molecule has 0 aliphatic rings. The summed E-state index contributed by atoms with van der Waals surface area (Å²) in [7, 11) is 0. The van der Waals surface area contributed by atoms with Crippen LogP contribution in [0.25, 0.3) is 0 Å². The molecule has 1 rings (SSSR count). The molecule has 0 aliphatic carbocycles. The van der Waals surface area contributed by atoms with Gasteiger partial charge in [-0.2, -0.15) is 0 Å². The fourth-order valence-electron chi connectivity index (χ4n) is 1.64. The van der Waals surface area contributed by atoms with Gasteiger partial charge in [0.1, 0.15) is 17.2 Å². The number of rotatable bonds is 3. The summed E-state index contributed by atoms with van der Waals surface area (Å²) in [5.74, 6) is -0.226. The third-order valence-corrected chi connectivity index (χ3v) is 2.95. The van der Waals surface area contributed by atoms with E-state index in [2.05, 4.69) is 15.9 Å². The van der Waals surface area contributed by atoms with Gasteiger partial charge in [0, 0.05) is 11.4 Å². The molecular formula is C14H18BrFO3. The molecule has 106 valence electrons. The van der Waals surface area contributed by atoms with Crippen LogP contribution in [0.3, 0.4) is 0 Å². The Hall–Kier alpha value is -1.10. The van der Waals surface area contributed by atoms with E-state index in [1.54, 1.807) is 20.8 Å². The fraction of sp³-hybridized carbons (Fsp3) is 0.500. The lowest BCUT2D eigenvalue weighted by molar-refractivity contribution is 0.0204. The smallest absolute Gasteiger partial charge is 0.428 e. The van der Waals surface area contributed by atoms with Crippen LogP contribution in [0.1, 0.15) is 38.8 Å². The van der Waals surface area contributed by atoms with E-state index < -0.39 is 17.6 Å². The van der Waals surface area contributed by atoms with E-state index in [0.717, 1.165) is 11.1 Å². The average Bonchev–Trinajstić information content (AvgIpc) is 2.25. The SMILES string of the molecule is CCc1c(CBr)cc(F)cc1OC(=O)OC(C)(C)C. The van der Waals surface area contributed by atoms with Crippen molar-refractivity contribution < 1.29 is 18.7 Å². The van der Waals surface area contributed by atoms with Crippen LogP contribution in [0.15, 0.2) is 12.1 Å². The first-order chi connectivity index (χ1) is 8.76. The van der Waals surface area contributed by atoms with Crippen LogP contribution in [0.2, 0.25) is 0 Å². The van der Waals surface area contributed by atoms with Gasteiger partial charge in [0.2, 0.25) is 0 Å². The number of hydrogen-bond donors (Lipinski definition) is 0. The first kappa shape index (κ1) is 16.0. The minimum Gasteiger partial charge on any atom is -0.428 e. The van der Waals surface area contributed by atoms with Crippen molar-refractivity contribution in [3.63, 3.8) is 0 Å². The molecule has 0 atom stereocenters. The number of alkyl halides is 1. The maximum atomic E-state index is 13.5. The Balaban J connectivity index is 3.00. The molecule has 0 amide bonds. The molecule has 19 heavy (non-hydrogen) atoms. The Morgan fingerprint density at radius 1 is 1.37 bits per heavy atom. The van der Waals surface area contributed by atoms with Crippen molar-refractivity contribution in [2.24, 2.45) is 0 Å². The van der Waals surface area contributed by atoms with Crippen molar-refractivity contribution in [2.45, 2.75) is 45.0 Å². The standard InChI is InChI=1S/C14H18BrFO3/c1-5-11-9(8-15)6-10(16)7-12(11)18-13(17)19-14(2,3)4/h6-7H,5,8H2,1-4H3. The molecule has 0 heterocycles. The van der Waals surface area contributed by atoms with Crippen molar-refractivity contribution in [1.82, 2.24) is 0 Å². The highest BCUT2D eigenvalue weighted by atomic mass is 79.9. The summed E-state index contributed by atoms with van der Waals surface area (Å²) >= 11 is 3.29. The number of benzene rings is 1. The maximum Gasteiger partial charge on any atom is 0.514 e. The van der Waals surface area contributed by atoms with Gasteiger partial charge in [0.25, 0.3) is 0 Å². The fourth-order valence-corrected chi connectivity index (χ4v) is 2.14. The Bertz CT molecular complexity index is 466. The Labute approximate surface area is 121 Å². The van der Waals surface area contributed by atoms with E-state index in [4.69, 9.17) is 9.47 Å². The third kappa shape index (κ3) is 4.82. The Morgan fingerprint density at radius 3 is 2.47 bits per heavy atom. The second-order valence-electron chi connectivity index (χ2n) is 5.10. The van der Waals surface area contributed by atoms with Crippen LogP contribution in [0.5, 0.6) is 5.75 Å². The summed E-state index contributed by atoms with van der Waals surface area (Å²) in [6.45, 7) is 7.14.